The third kappa shape index (κ3) is 11.5. The van der Waals surface area contributed by atoms with E-state index in [1.807, 2.05) is 68.4 Å². The number of para-hydroxylation sites is 1. The largest absolute Gasteiger partial charge is 0.493 e. The predicted octanol–water partition coefficient (Wildman–Crippen LogP) is 4.71. The lowest BCUT2D eigenvalue weighted by molar-refractivity contribution is -0.159. The number of esters is 1. The number of hydrogen-bond acceptors (Lipinski definition) is 11. The molecule has 53 heavy (non-hydrogen) atoms. The molecular weight excluding hydrogens is 700 g/mol. The van der Waals surface area contributed by atoms with Crippen molar-refractivity contribution < 1.29 is 38.0 Å². The molecule has 2 heterocycles. The first-order chi connectivity index (χ1) is 25.8. The van der Waals surface area contributed by atoms with Crippen LogP contribution >= 0.6 is 11.6 Å². The van der Waals surface area contributed by atoms with Crippen molar-refractivity contribution in [1.82, 2.24) is 10.6 Å². The highest BCUT2D eigenvalue weighted by Gasteiger charge is 2.39. The SMILES string of the molecule is COCCCN1CCOc2ccc(CO[C@H]3CNC[C@@H](OC(=O)[C@@H](NC(=O)CN)C(C)C)[C@@H]3c3ccc(OCCCOc4ccccc4Cl)cc3)cc21. The van der Waals surface area contributed by atoms with Crippen LogP contribution in [0.15, 0.2) is 66.7 Å². The molecule has 0 bridgehead atoms. The molecule has 1 saturated heterocycles. The number of carbonyl (C=O) groups excluding carboxylic acids is 2. The number of rotatable bonds is 19. The minimum absolute atomic E-state index is 0.200. The van der Waals surface area contributed by atoms with Gasteiger partial charge in [-0.3, -0.25) is 4.79 Å². The van der Waals surface area contributed by atoms with Crippen LogP contribution in [0, 0.1) is 5.92 Å². The zero-order valence-corrected chi connectivity index (χ0v) is 31.6. The van der Waals surface area contributed by atoms with Gasteiger partial charge in [-0.15, -0.1) is 0 Å². The molecule has 0 aromatic heterocycles. The molecule has 1 amide bonds. The number of nitrogens with one attached hydrogen (secondary N) is 2. The van der Waals surface area contributed by atoms with E-state index in [0.717, 1.165) is 42.1 Å². The van der Waals surface area contributed by atoms with Crippen LogP contribution in [0.25, 0.3) is 0 Å². The summed E-state index contributed by atoms with van der Waals surface area (Å²) in [4.78, 5) is 28.0. The topological polar surface area (TPSA) is 143 Å². The Hall–Kier alpha value is -4.07. The molecule has 4 N–H and O–H groups in total. The molecule has 3 aromatic rings. The van der Waals surface area contributed by atoms with E-state index in [2.05, 4.69) is 21.6 Å². The van der Waals surface area contributed by atoms with E-state index in [-0.39, 0.29) is 24.5 Å². The first kappa shape index (κ1) is 40.1. The third-order valence-electron chi connectivity index (χ3n) is 9.32. The van der Waals surface area contributed by atoms with Crippen molar-refractivity contribution in [2.45, 2.75) is 57.5 Å². The summed E-state index contributed by atoms with van der Waals surface area (Å²) in [6.07, 6.45) is 0.685. The molecule has 5 rings (SSSR count). The van der Waals surface area contributed by atoms with Gasteiger partial charge in [-0.05, 0) is 59.9 Å². The minimum atomic E-state index is -0.838. The van der Waals surface area contributed by atoms with Crippen molar-refractivity contribution in [2.75, 3.05) is 71.2 Å². The molecule has 0 spiro atoms. The number of hydrogen-bond donors (Lipinski definition) is 3. The van der Waals surface area contributed by atoms with Crippen molar-refractivity contribution >= 4 is 29.2 Å². The molecule has 2 aliphatic rings. The van der Waals surface area contributed by atoms with Gasteiger partial charge >= 0.3 is 5.97 Å². The summed E-state index contributed by atoms with van der Waals surface area (Å²) in [6.45, 7) is 8.76. The molecule has 3 aromatic carbocycles. The number of methoxy groups -OCH3 is 1. The summed E-state index contributed by atoms with van der Waals surface area (Å²) < 4.78 is 35.9. The number of anilines is 1. The number of ether oxygens (including phenoxy) is 6. The van der Waals surface area contributed by atoms with Crippen molar-refractivity contribution in [3.63, 3.8) is 0 Å². The second-order valence-electron chi connectivity index (χ2n) is 13.5. The Labute approximate surface area is 317 Å². The first-order valence-electron chi connectivity index (χ1n) is 18.4. The summed E-state index contributed by atoms with van der Waals surface area (Å²) in [5.41, 5.74) is 8.53. The van der Waals surface area contributed by atoms with Gasteiger partial charge < -0.3 is 49.7 Å². The fourth-order valence-electron chi connectivity index (χ4n) is 6.54. The average molecular weight is 753 g/mol. The quantitative estimate of drug-likeness (QED) is 0.116. The van der Waals surface area contributed by atoms with Crippen molar-refractivity contribution in [3.05, 3.63) is 82.9 Å². The van der Waals surface area contributed by atoms with Gasteiger partial charge in [0.15, 0.2) is 0 Å². The van der Waals surface area contributed by atoms with Gasteiger partial charge in [0, 0.05) is 45.7 Å². The second kappa shape index (κ2) is 20.4. The Balaban J connectivity index is 1.28. The first-order valence-corrected chi connectivity index (χ1v) is 18.8. The van der Waals surface area contributed by atoms with Gasteiger partial charge in [0.25, 0.3) is 0 Å². The van der Waals surface area contributed by atoms with Crippen LogP contribution < -0.4 is 35.5 Å². The van der Waals surface area contributed by atoms with Gasteiger partial charge in [-0.1, -0.05) is 55.8 Å². The molecule has 4 atom stereocenters. The van der Waals surface area contributed by atoms with Crippen molar-refractivity contribution in [2.24, 2.45) is 11.7 Å². The van der Waals surface area contributed by atoms with Crippen molar-refractivity contribution in [3.8, 4) is 17.2 Å². The molecule has 0 saturated carbocycles. The number of nitrogens with zero attached hydrogens (tertiary/aromatic N) is 1. The maximum atomic E-state index is 13.6. The van der Waals surface area contributed by atoms with E-state index in [4.69, 9.17) is 45.8 Å². The lowest BCUT2D eigenvalue weighted by atomic mass is 9.85. The second-order valence-corrected chi connectivity index (χ2v) is 13.9. The van der Waals surface area contributed by atoms with Crippen LogP contribution in [-0.2, 0) is 30.4 Å². The van der Waals surface area contributed by atoms with Crippen LogP contribution in [0.2, 0.25) is 5.02 Å². The minimum Gasteiger partial charge on any atom is -0.493 e. The van der Waals surface area contributed by atoms with Crippen LogP contribution in [0.5, 0.6) is 17.2 Å². The van der Waals surface area contributed by atoms with Crippen molar-refractivity contribution in [1.29, 1.82) is 0 Å². The summed E-state index contributed by atoms with van der Waals surface area (Å²) in [5.74, 6) is 0.784. The Morgan fingerprint density at radius 2 is 1.77 bits per heavy atom. The molecule has 288 valence electrons. The van der Waals surface area contributed by atoms with Crippen LogP contribution in [0.3, 0.4) is 0 Å². The number of carbonyl (C=O) groups is 2. The number of nitrogens with two attached hydrogens (primary N) is 1. The van der Waals surface area contributed by atoms with E-state index >= 15 is 0 Å². The van der Waals surface area contributed by atoms with Gasteiger partial charge in [-0.2, -0.15) is 0 Å². The molecule has 0 radical (unpaired) electrons. The highest BCUT2D eigenvalue weighted by Crippen LogP contribution is 2.35. The standard InChI is InChI=1S/C40H53ClN4O8/c1-27(2)39(44-37(46)23-42)40(47)53-36-25-43-24-35(52-26-28-10-15-34-32(22-28)45(17-21-51-34)16-6-18-48-3)38(36)29-11-13-30(14-12-29)49-19-7-20-50-33-9-5-4-8-31(33)41/h4-5,8-15,22,27,35-36,38-39,43H,6-7,16-21,23-26,42H2,1-3H3,(H,44,46)/t35-,36+,38+,39-/m0/s1. The van der Waals surface area contributed by atoms with E-state index in [1.54, 1.807) is 13.2 Å². The summed E-state index contributed by atoms with van der Waals surface area (Å²) in [6, 6.07) is 20.5. The van der Waals surface area contributed by atoms with E-state index in [9.17, 15) is 9.59 Å². The number of benzene rings is 3. The monoisotopic (exact) mass is 752 g/mol. The van der Waals surface area contributed by atoms with Gasteiger partial charge in [0.1, 0.15) is 36.0 Å². The van der Waals surface area contributed by atoms with E-state index < -0.39 is 24.0 Å². The molecule has 1 fully saturated rings. The Morgan fingerprint density at radius 3 is 2.53 bits per heavy atom. The van der Waals surface area contributed by atoms with Gasteiger partial charge in [-0.25, -0.2) is 4.79 Å². The summed E-state index contributed by atoms with van der Waals surface area (Å²) in [7, 11) is 1.72. The third-order valence-corrected chi connectivity index (χ3v) is 9.63. The maximum Gasteiger partial charge on any atom is 0.329 e. The highest BCUT2D eigenvalue weighted by atomic mass is 35.5. The van der Waals surface area contributed by atoms with Gasteiger partial charge in [0.2, 0.25) is 5.91 Å². The van der Waals surface area contributed by atoms with Crippen LogP contribution in [-0.4, -0.2) is 96.4 Å². The van der Waals surface area contributed by atoms with E-state index in [0.29, 0.717) is 69.1 Å². The van der Waals surface area contributed by atoms with Gasteiger partial charge in [0.05, 0.1) is 49.7 Å². The number of piperidine rings is 1. The number of halogens is 1. The Bertz CT molecular complexity index is 1610. The van der Waals surface area contributed by atoms with E-state index in [1.165, 1.54) is 0 Å². The molecule has 12 nitrogen and oxygen atoms in total. The van der Waals surface area contributed by atoms with Crippen LogP contribution in [0.4, 0.5) is 5.69 Å². The zero-order chi connectivity index (χ0) is 37.6. The fourth-order valence-corrected chi connectivity index (χ4v) is 6.73. The molecule has 0 unspecified atom stereocenters. The zero-order valence-electron chi connectivity index (χ0n) is 30.9. The maximum absolute atomic E-state index is 13.6. The lowest BCUT2D eigenvalue weighted by Gasteiger charge is -2.39. The predicted molar refractivity (Wildman–Crippen MR) is 204 cm³/mol. The smallest absolute Gasteiger partial charge is 0.329 e. The summed E-state index contributed by atoms with van der Waals surface area (Å²) in [5, 5.41) is 6.70. The highest BCUT2D eigenvalue weighted by molar-refractivity contribution is 6.32. The molecule has 2 aliphatic heterocycles. The Kier molecular flexibility index (Phi) is 15.4. The average Bonchev–Trinajstić information content (AvgIpc) is 3.17. The molecule has 13 heteroatoms. The summed E-state index contributed by atoms with van der Waals surface area (Å²) >= 11 is 6.19. The Morgan fingerprint density at radius 1 is 1.00 bits per heavy atom. The fraction of sp³-hybridized carbons (Fsp3) is 0.500. The number of amides is 1. The normalized spacial score (nSPS) is 18.8. The molecular formula is C40H53ClN4O8. The lowest BCUT2D eigenvalue weighted by Crippen LogP contribution is -2.54. The molecule has 0 aliphatic carbocycles. The number of fused-ring (bicyclic) bond motifs is 1. The van der Waals surface area contributed by atoms with Crippen LogP contribution in [0.1, 0.15) is 43.7 Å².